The first-order chi connectivity index (χ1) is 16.2. The smallest absolute Gasteiger partial charge is 0.302 e. The molecule has 0 aromatic heterocycles. The van der Waals surface area contributed by atoms with Crippen LogP contribution in [0.15, 0.2) is 36.0 Å². The van der Waals surface area contributed by atoms with Gasteiger partial charge >= 0.3 is 5.97 Å². The molecule has 7 atom stereocenters. The fourth-order valence-corrected chi connectivity index (χ4v) is 8.02. The van der Waals surface area contributed by atoms with E-state index in [4.69, 9.17) is 4.74 Å². The minimum atomic E-state index is -0.103. The molecule has 4 heteroatoms. The monoisotopic (exact) mass is 452 g/mol. The second-order valence-corrected chi connectivity index (χ2v) is 11.3. The van der Waals surface area contributed by atoms with Crippen molar-refractivity contribution in [3.05, 3.63) is 36.0 Å². The number of esters is 1. The molecule has 6 aliphatic rings. The molecule has 6 rings (SSSR count). The lowest BCUT2D eigenvalue weighted by atomic mass is 9.51. The molecule has 1 spiro atoms. The second kappa shape index (κ2) is 10.5. The highest BCUT2D eigenvalue weighted by Crippen LogP contribution is 2.58. The summed E-state index contributed by atoms with van der Waals surface area (Å²) in [6.07, 6.45) is 26.0. The molecule has 0 radical (unpaired) electrons. The van der Waals surface area contributed by atoms with Crippen LogP contribution in [0.1, 0.15) is 77.6 Å². The van der Waals surface area contributed by atoms with Crippen molar-refractivity contribution >= 4 is 5.97 Å². The molecule has 182 valence electrons. The van der Waals surface area contributed by atoms with Gasteiger partial charge in [0.25, 0.3) is 0 Å². The highest BCUT2D eigenvalue weighted by atomic mass is 16.5. The predicted molar refractivity (Wildman–Crippen MR) is 134 cm³/mol. The number of fused-ring (bicyclic) bond motifs is 1. The van der Waals surface area contributed by atoms with Crippen molar-refractivity contribution < 1.29 is 9.53 Å². The third-order valence-electron chi connectivity index (χ3n) is 9.04. The van der Waals surface area contributed by atoms with Crippen molar-refractivity contribution in [3.63, 3.8) is 0 Å². The molecule has 0 amide bonds. The molecule has 0 N–H and O–H groups in total. The molecule has 2 fully saturated rings. The summed E-state index contributed by atoms with van der Waals surface area (Å²) in [5.41, 5.74) is 1.91. The first-order valence-corrected chi connectivity index (χ1v) is 13.8. The maximum Gasteiger partial charge on any atom is 0.302 e. The lowest BCUT2D eigenvalue weighted by Crippen LogP contribution is -2.72. The van der Waals surface area contributed by atoms with Crippen LogP contribution in [0.25, 0.3) is 0 Å². The number of hydrogen-bond acceptors (Lipinski definition) is 4. The van der Waals surface area contributed by atoms with Crippen LogP contribution in [0.2, 0.25) is 0 Å². The van der Waals surface area contributed by atoms with Crippen molar-refractivity contribution in [1.29, 1.82) is 0 Å². The molecule has 2 unspecified atom stereocenters. The summed E-state index contributed by atoms with van der Waals surface area (Å²) >= 11 is 0. The van der Waals surface area contributed by atoms with Crippen molar-refractivity contribution in [2.45, 2.75) is 89.7 Å². The number of ether oxygens (including phenoxy) is 1. The highest BCUT2D eigenvalue weighted by Gasteiger charge is 2.62. The van der Waals surface area contributed by atoms with Gasteiger partial charge in [-0.1, -0.05) is 36.0 Å². The Bertz CT molecular complexity index is 786. The number of carbonyl (C=O) groups is 1. The zero-order valence-corrected chi connectivity index (χ0v) is 20.7. The number of allylic oxidation sites excluding steroid dienone is 4. The van der Waals surface area contributed by atoms with Crippen LogP contribution in [-0.2, 0) is 9.53 Å². The van der Waals surface area contributed by atoms with Gasteiger partial charge in [0.1, 0.15) is 6.10 Å². The van der Waals surface area contributed by atoms with Crippen LogP contribution in [0.5, 0.6) is 0 Å². The van der Waals surface area contributed by atoms with Gasteiger partial charge in [-0.15, -0.1) is 0 Å². The maximum atomic E-state index is 12.2. The third kappa shape index (κ3) is 4.89. The van der Waals surface area contributed by atoms with Crippen LogP contribution < -0.4 is 0 Å². The minimum Gasteiger partial charge on any atom is -0.461 e. The van der Waals surface area contributed by atoms with Gasteiger partial charge in [-0.25, -0.2) is 0 Å². The van der Waals surface area contributed by atoms with Crippen LogP contribution in [0.3, 0.4) is 0 Å². The van der Waals surface area contributed by atoms with Gasteiger partial charge < -0.3 is 4.74 Å². The normalized spacial score (nSPS) is 43.5. The van der Waals surface area contributed by atoms with E-state index in [1.54, 1.807) is 12.5 Å². The Labute approximate surface area is 201 Å². The van der Waals surface area contributed by atoms with E-state index < -0.39 is 0 Å². The topological polar surface area (TPSA) is 32.8 Å². The predicted octanol–water partition coefficient (Wildman–Crippen LogP) is 5.51. The standard InChI is InChI=1S/C29H44N2O2/c1-23(32)33-26-21-30-17-13-9-5-2-3-7-11-15-24-19-25-20-31-18-14-10-6-4-8-12-16-29(22-30,27(25)26)28(24)31/h2,4-5,8,19,25-28H,3,6-7,9-18,20-22H2,1H3/b5-2-,8-4-/t25-,26-,27+,28-,29-/m1/s1. The first kappa shape index (κ1) is 23.4. The molecule has 5 heterocycles. The van der Waals surface area contributed by atoms with Gasteiger partial charge in [0.15, 0.2) is 0 Å². The van der Waals surface area contributed by atoms with E-state index >= 15 is 0 Å². The molecule has 0 aromatic carbocycles. The largest absolute Gasteiger partial charge is 0.461 e. The second-order valence-electron chi connectivity index (χ2n) is 11.3. The van der Waals surface area contributed by atoms with Gasteiger partial charge in [-0.05, 0) is 89.6 Å². The Morgan fingerprint density at radius 1 is 0.939 bits per heavy atom. The van der Waals surface area contributed by atoms with E-state index in [-0.39, 0.29) is 17.5 Å². The molecule has 4 nitrogen and oxygen atoms in total. The molecule has 0 saturated carbocycles. The van der Waals surface area contributed by atoms with Crippen LogP contribution in [0, 0.1) is 17.3 Å². The van der Waals surface area contributed by atoms with Crippen LogP contribution in [-0.4, -0.2) is 60.6 Å². The Hall–Kier alpha value is -1.39. The fraction of sp³-hybridized carbons (Fsp3) is 0.759. The van der Waals surface area contributed by atoms with E-state index in [2.05, 4.69) is 40.2 Å². The third-order valence-corrected chi connectivity index (χ3v) is 9.04. The van der Waals surface area contributed by atoms with Gasteiger partial charge in [0, 0.05) is 43.9 Å². The lowest BCUT2D eigenvalue weighted by Gasteiger charge is -2.66. The minimum absolute atomic E-state index is 0.0289. The SMILES string of the molecule is CC(=O)O[C@@H]1CN2CCC/C=C\CCCCC3=C[C@@H]4CN5CCCC/C=C\CC[C@@](C2)([C@@H]41)[C@@H]35. The Balaban J connectivity index is 1.57. The van der Waals surface area contributed by atoms with E-state index in [1.165, 1.54) is 70.9 Å². The maximum absolute atomic E-state index is 12.2. The molecule has 33 heavy (non-hydrogen) atoms. The molecule has 1 aliphatic carbocycles. The number of carbonyl (C=O) groups excluding carboxylic acids is 1. The summed E-state index contributed by atoms with van der Waals surface area (Å²) in [7, 11) is 0. The summed E-state index contributed by atoms with van der Waals surface area (Å²) in [4.78, 5) is 17.8. The average Bonchev–Trinajstić information content (AvgIpc) is 2.81. The van der Waals surface area contributed by atoms with Crippen LogP contribution in [0.4, 0.5) is 0 Å². The Kier molecular flexibility index (Phi) is 7.42. The summed E-state index contributed by atoms with van der Waals surface area (Å²) in [5, 5.41) is 0. The van der Waals surface area contributed by atoms with Crippen molar-refractivity contribution in [2.75, 3.05) is 32.7 Å². The quantitative estimate of drug-likeness (QED) is 0.388. The number of hydrogen-bond donors (Lipinski definition) is 0. The number of nitrogens with zero attached hydrogens (tertiary/aromatic N) is 2. The summed E-state index contributed by atoms with van der Waals surface area (Å²) in [6.45, 7) is 7.19. The Morgan fingerprint density at radius 2 is 1.70 bits per heavy atom. The highest BCUT2D eigenvalue weighted by molar-refractivity contribution is 5.66. The van der Waals surface area contributed by atoms with Crippen molar-refractivity contribution in [2.24, 2.45) is 17.3 Å². The zero-order valence-electron chi connectivity index (χ0n) is 20.7. The summed E-state index contributed by atoms with van der Waals surface area (Å²) in [6, 6.07) is 0.526. The van der Waals surface area contributed by atoms with Gasteiger partial charge in [-0.2, -0.15) is 0 Å². The molecule has 6 bridgehead atoms. The van der Waals surface area contributed by atoms with Crippen molar-refractivity contribution in [3.8, 4) is 0 Å². The van der Waals surface area contributed by atoms with E-state index in [0.29, 0.717) is 17.9 Å². The van der Waals surface area contributed by atoms with Gasteiger partial charge in [-0.3, -0.25) is 14.6 Å². The summed E-state index contributed by atoms with van der Waals surface area (Å²) in [5.74, 6) is 0.882. The van der Waals surface area contributed by atoms with Gasteiger partial charge in [0.2, 0.25) is 0 Å². The fourth-order valence-electron chi connectivity index (χ4n) is 8.02. The van der Waals surface area contributed by atoms with Crippen LogP contribution >= 0.6 is 0 Å². The van der Waals surface area contributed by atoms with Gasteiger partial charge in [0.05, 0.1) is 0 Å². The molecule has 5 aliphatic heterocycles. The lowest BCUT2D eigenvalue weighted by molar-refractivity contribution is -0.186. The Morgan fingerprint density at radius 3 is 2.52 bits per heavy atom. The molecular formula is C29H44N2O2. The average molecular weight is 453 g/mol. The molecule has 0 aromatic rings. The molecule has 2 saturated heterocycles. The van der Waals surface area contributed by atoms with E-state index in [0.717, 1.165) is 32.5 Å². The summed E-state index contributed by atoms with van der Waals surface area (Å²) < 4.78 is 6.16. The first-order valence-electron chi connectivity index (χ1n) is 13.8. The van der Waals surface area contributed by atoms with E-state index in [9.17, 15) is 4.79 Å². The number of rotatable bonds is 1. The van der Waals surface area contributed by atoms with E-state index in [1.807, 2.05) is 0 Å². The zero-order chi connectivity index (χ0) is 22.7. The number of piperidine rings is 2. The molecular weight excluding hydrogens is 408 g/mol. The van der Waals surface area contributed by atoms with Crippen molar-refractivity contribution in [1.82, 2.24) is 9.80 Å².